The first-order valence-corrected chi connectivity index (χ1v) is 6.35. The lowest BCUT2D eigenvalue weighted by Gasteiger charge is -2.12. The quantitative estimate of drug-likeness (QED) is 0.835. The Morgan fingerprint density at radius 3 is 2.85 bits per heavy atom. The van der Waals surface area contributed by atoms with Gasteiger partial charge in [0.1, 0.15) is 0 Å². The molecular formula is C14H18N4O2. The molecular weight excluding hydrogens is 256 g/mol. The molecule has 0 saturated carbocycles. The third-order valence-corrected chi connectivity index (χ3v) is 2.84. The van der Waals surface area contributed by atoms with Gasteiger partial charge < -0.3 is 15.8 Å². The maximum absolute atomic E-state index is 12.3. The lowest BCUT2D eigenvalue weighted by atomic mass is 10.1. The molecule has 0 radical (unpaired) electrons. The second-order valence-electron chi connectivity index (χ2n) is 4.41. The average molecular weight is 274 g/mol. The highest BCUT2D eigenvalue weighted by molar-refractivity contribution is 6.07. The Bertz CT molecular complexity index is 634. The van der Waals surface area contributed by atoms with E-state index in [1.165, 1.54) is 0 Å². The van der Waals surface area contributed by atoms with E-state index in [2.05, 4.69) is 10.4 Å². The minimum absolute atomic E-state index is 0.267. The number of para-hydroxylation sites is 1. The molecule has 0 saturated heterocycles. The number of nitrogen functional groups attached to an aromatic ring is 1. The van der Waals surface area contributed by atoms with Crippen LogP contribution in [0.25, 0.3) is 0 Å². The molecule has 0 bridgehead atoms. The van der Waals surface area contributed by atoms with E-state index < -0.39 is 0 Å². The summed E-state index contributed by atoms with van der Waals surface area (Å²) in [4.78, 5) is 12.3. The first kappa shape index (κ1) is 13.9. The summed E-state index contributed by atoms with van der Waals surface area (Å²) in [6.07, 6.45) is 1.75. The molecule has 0 fully saturated rings. The second-order valence-corrected chi connectivity index (χ2v) is 4.41. The van der Waals surface area contributed by atoms with Gasteiger partial charge in [-0.15, -0.1) is 0 Å². The molecule has 2 aromatic rings. The molecule has 0 aliphatic heterocycles. The Morgan fingerprint density at radius 2 is 2.25 bits per heavy atom. The van der Waals surface area contributed by atoms with Crippen molar-refractivity contribution in [3.05, 3.63) is 35.7 Å². The van der Waals surface area contributed by atoms with E-state index in [1.54, 1.807) is 36.1 Å². The van der Waals surface area contributed by atoms with Crippen molar-refractivity contribution < 1.29 is 9.53 Å². The molecule has 0 aliphatic carbocycles. The zero-order valence-electron chi connectivity index (χ0n) is 11.8. The van der Waals surface area contributed by atoms with Crippen LogP contribution in [0.4, 0.5) is 11.4 Å². The van der Waals surface area contributed by atoms with Gasteiger partial charge in [0.2, 0.25) is 0 Å². The first-order valence-electron chi connectivity index (χ1n) is 6.35. The van der Waals surface area contributed by atoms with Crippen molar-refractivity contribution in [2.75, 3.05) is 17.7 Å². The number of nitrogens with two attached hydrogens (primary N) is 1. The normalized spacial score (nSPS) is 10.3. The summed E-state index contributed by atoms with van der Waals surface area (Å²) in [5.41, 5.74) is 8.13. The van der Waals surface area contributed by atoms with Crippen LogP contribution in [-0.2, 0) is 7.05 Å². The Labute approximate surface area is 117 Å². The van der Waals surface area contributed by atoms with Gasteiger partial charge in [0, 0.05) is 13.2 Å². The monoisotopic (exact) mass is 274 g/mol. The van der Waals surface area contributed by atoms with Crippen molar-refractivity contribution in [1.29, 1.82) is 0 Å². The minimum atomic E-state index is -0.267. The zero-order valence-corrected chi connectivity index (χ0v) is 11.8. The molecule has 3 N–H and O–H groups in total. The van der Waals surface area contributed by atoms with Gasteiger partial charge in [-0.2, -0.15) is 5.10 Å². The number of hydrogen-bond donors (Lipinski definition) is 2. The maximum atomic E-state index is 12.3. The summed E-state index contributed by atoms with van der Waals surface area (Å²) in [5.74, 6) is 0.144. The predicted octanol–water partition coefficient (Wildman–Crippen LogP) is 1.96. The van der Waals surface area contributed by atoms with Crippen LogP contribution in [0.1, 0.15) is 23.0 Å². The summed E-state index contributed by atoms with van der Waals surface area (Å²) < 4.78 is 7.10. The number of amides is 1. The number of nitrogens with one attached hydrogen (secondary N) is 1. The lowest BCUT2D eigenvalue weighted by Crippen LogP contribution is -2.14. The minimum Gasteiger partial charge on any atom is -0.491 e. The average Bonchev–Trinajstić information content (AvgIpc) is 2.70. The van der Waals surface area contributed by atoms with E-state index in [-0.39, 0.29) is 5.91 Å². The number of rotatable bonds is 4. The molecule has 0 unspecified atom stereocenters. The smallest absolute Gasteiger partial charge is 0.259 e. The standard InChI is InChI=1S/C14H18N4O2/c1-4-20-13-10(6-5-7-11(13)15)14(19)16-12-8-18(3)17-9(12)2/h5-8H,4,15H2,1-3H3,(H,16,19). The largest absolute Gasteiger partial charge is 0.491 e. The van der Waals surface area contributed by atoms with Crippen molar-refractivity contribution in [2.45, 2.75) is 13.8 Å². The van der Waals surface area contributed by atoms with Crippen LogP contribution in [-0.4, -0.2) is 22.3 Å². The number of ether oxygens (including phenoxy) is 1. The van der Waals surface area contributed by atoms with E-state index in [9.17, 15) is 4.79 Å². The second kappa shape index (κ2) is 5.64. The van der Waals surface area contributed by atoms with Crippen LogP contribution in [0.2, 0.25) is 0 Å². The molecule has 0 spiro atoms. The van der Waals surface area contributed by atoms with Crippen molar-refractivity contribution >= 4 is 17.3 Å². The molecule has 6 heteroatoms. The summed E-state index contributed by atoms with van der Waals surface area (Å²) in [7, 11) is 1.80. The fourth-order valence-corrected chi connectivity index (χ4v) is 1.95. The van der Waals surface area contributed by atoms with E-state index in [4.69, 9.17) is 10.5 Å². The van der Waals surface area contributed by atoms with Gasteiger partial charge in [-0.25, -0.2) is 0 Å². The van der Waals surface area contributed by atoms with Crippen molar-refractivity contribution in [3.8, 4) is 5.75 Å². The van der Waals surface area contributed by atoms with Gasteiger partial charge >= 0.3 is 0 Å². The molecule has 1 heterocycles. The first-order chi connectivity index (χ1) is 9.52. The molecule has 1 amide bonds. The summed E-state index contributed by atoms with van der Waals surface area (Å²) in [6, 6.07) is 5.11. The van der Waals surface area contributed by atoms with Crippen LogP contribution in [0.15, 0.2) is 24.4 Å². The Hall–Kier alpha value is -2.50. The molecule has 6 nitrogen and oxygen atoms in total. The van der Waals surface area contributed by atoms with Gasteiger partial charge in [-0.3, -0.25) is 9.48 Å². The molecule has 2 rings (SSSR count). The predicted molar refractivity (Wildman–Crippen MR) is 77.9 cm³/mol. The zero-order chi connectivity index (χ0) is 14.7. The number of aryl methyl sites for hydroxylation is 2. The van der Waals surface area contributed by atoms with Gasteiger partial charge in [-0.1, -0.05) is 6.07 Å². The highest BCUT2D eigenvalue weighted by Gasteiger charge is 2.16. The maximum Gasteiger partial charge on any atom is 0.259 e. The van der Waals surface area contributed by atoms with Gasteiger partial charge in [0.15, 0.2) is 5.75 Å². The number of hydrogen-bond acceptors (Lipinski definition) is 4. The van der Waals surface area contributed by atoms with Gasteiger partial charge in [0.05, 0.1) is 29.2 Å². The summed E-state index contributed by atoms with van der Waals surface area (Å²) >= 11 is 0. The van der Waals surface area contributed by atoms with Crippen LogP contribution in [0.5, 0.6) is 5.75 Å². The SMILES string of the molecule is CCOc1c(N)cccc1C(=O)Nc1cn(C)nc1C. The number of aromatic nitrogens is 2. The van der Waals surface area contributed by atoms with Crippen LogP contribution in [0.3, 0.4) is 0 Å². The molecule has 0 atom stereocenters. The van der Waals surface area contributed by atoms with E-state index >= 15 is 0 Å². The van der Waals surface area contributed by atoms with Crippen LogP contribution >= 0.6 is 0 Å². The van der Waals surface area contributed by atoms with Crippen molar-refractivity contribution in [3.63, 3.8) is 0 Å². The van der Waals surface area contributed by atoms with Crippen LogP contribution < -0.4 is 15.8 Å². The number of nitrogens with zero attached hydrogens (tertiary/aromatic N) is 2. The third kappa shape index (κ3) is 2.74. The van der Waals surface area contributed by atoms with E-state index in [0.29, 0.717) is 29.3 Å². The number of carbonyl (C=O) groups excluding carboxylic acids is 1. The fourth-order valence-electron chi connectivity index (χ4n) is 1.95. The topological polar surface area (TPSA) is 82.2 Å². The van der Waals surface area contributed by atoms with Crippen LogP contribution in [0, 0.1) is 6.92 Å². The Kier molecular flexibility index (Phi) is 3.93. The highest BCUT2D eigenvalue weighted by atomic mass is 16.5. The Morgan fingerprint density at radius 1 is 1.50 bits per heavy atom. The van der Waals surface area contributed by atoms with Gasteiger partial charge in [0.25, 0.3) is 5.91 Å². The molecule has 106 valence electrons. The number of carbonyl (C=O) groups is 1. The number of anilines is 2. The number of benzene rings is 1. The summed E-state index contributed by atoms with van der Waals surface area (Å²) in [5, 5.41) is 7.00. The van der Waals surface area contributed by atoms with Gasteiger partial charge in [-0.05, 0) is 26.0 Å². The molecule has 1 aromatic heterocycles. The van der Waals surface area contributed by atoms with Crippen molar-refractivity contribution in [2.24, 2.45) is 7.05 Å². The molecule has 1 aromatic carbocycles. The lowest BCUT2D eigenvalue weighted by molar-refractivity contribution is 0.102. The highest BCUT2D eigenvalue weighted by Crippen LogP contribution is 2.27. The fraction of sp³-hybridized carbons (Fsp3) is 0.286. The Balaban J connectivity index is 2.29. The molecule has 20 heavy (non-hydrogen) atoms. The third-order valence-electron chi connectivity index (χ3n) is 2.84. The molecule has 0 aliphatic rings. The van der Waals surface area contributed by atoms with Crippen molar-refractivity contribution in [1.82, 2.24) is 9.78 Å². The summed E-state index contributed by atoms with van der Waals surface area (Å²) in [6.45, 7) is 4.12. The van der Waals surface area contributed by atoms with E-state index in [1.807, 2.05) is 13.8 Å². The van der Waals surface area contributed by atoms with E-state index in [0.717, 1.165) is 5.69 Å².